The monoisotopic (exact) mass is 349 g/mol. The fourth-order valence-corrected chi connectivity index (χ4v) is 2.02. The van der Waals surface area contributed by atoms with Crippen LogP contribution in [0.4, 0.5) is 5.69 Å². The number of hydrogen-bond donors (Lipinski definition) is 1. The van der Waals surface area contributed by atoms with Crippen molar-refractivity contribution in [1.29, 1.82) is 0 Å². The van der Waals surface area contributed by atoms with Gasteiger partial charge in [-0.1, -0.05) is 17.7 Å². The first-order valence-electron chi connectivity index (χ1n) is 7.31. The molecule has 6 nitrogen and oxygen atoms in total. The molecule has 0 aliphatic carbocycles. The standard InChI is InChI=1S/C14H14ClN3O.C3H6O2/c1-8-4-5-11(15)17-13(8)14(19)18-12-9(2)6-16-7-10(12)3;1-2-5-3-4/h4-7H,1-3H3,(H,16,18,19);3H,2H2,1H3. The molecule has 0 radical (unpaired) electrons. The van der Waals surface area contributed by atoms with Gasteiger partial charge in [-0.2, -0.15) is 0 Å². The van der Waals surface area contributed by atoms with Gasteiger partial charge in [-0.15, -0.1) is 0 Å². The van der Waals surface area contributed by atoms with E-state index in [2.05, 4.69) is 20.0 Å². The average Bonchev–Trinajstić information content (AvgIpc) is 2.54. The molecule has 1 amide bonds. The Morgan fingerprint density at radius 1 is 1.21 bits per heavy atom. The minimum absolute atomic E-state index is 0.266. The highest BCUT2D eigenvalue weighted by molar-refractivity contribution is 6.29. The summed E-state index contributed by atoms with van der Waals surface area (Å²) in [5.74, 6) is -0.266. The summed E-state index contributed by atoms with van der Waals surface area (Å²) in [6.07, 6.45) is 3.42. The Kier molecular flexibility index (Phi) is 7.85. The van der Waals surface area contributed by atoms with Crippen LogP contribution in [-0.2, 0) is 9.53 Å². The van der Waals surface area contributed by atoms with Gasteiger partial charge in [0.15, 0.2) is 0 Å². The Morgan fingerprint density at radius 2 is 1.83 bits per heavy atom. The number of amides is 1. The second-order valence-corrected chi connectivity index (χ2v) is 5.34. The molecule has 0 saturated heterocycles. The Morgan fingerprint density at radius 3 is 2.33 bits per heavy atom. The highest BCUT2D eigenvalue weighted by atomic mass is 35.5. The van der Waals surface area contributed by atoms with Crippen molar-refractivity contribution in [1.82, 2.24) is 9.97 Å². The van der Waals surface area contributed by atoms with Gasteiger partial charge in [-0.3, -0.25) is 14.6 Å². The van der Waals surface area contributed by atoms with E-state index in [0.29, 0.717) is 23.9 Å². The summed E-state index contributed by atoms with van der Waals surface area (Å²) in [4.78, 5) is 29.6. The maximum absolute atomic E-state index is 12.2. The molecule has 0 atom stereocenters. The molecule has 0 spiro atoms. The van der Waals surface area contributed by atoms with E-state index in [1.807, 2.05) is 20.8 Å². The fourth-order valence-electron chi connectivity index (χ4n) is 1.87. The Balaban J connectivity index is 0.000000505. The number of nitrogens with one attached hydrogen (secondary N) is 1. The molecule has 2 aromatic heterocycles. The highest BCUT2D eigenvalue weighted by Crippen LogP contribution is 2.20. The Hall–Kier alpha value is -2.47. The van der Waals surface area contributed by atoms with Crippen LogP contribution in [0, 0.1) is 20.8 Å². The lowest BCUT2D eigenvalue weighted by atomic mass is 10.1. The summed E-state index contributed by atoms with van der Waals surface area (Å²) in [6.45, 7) is 8.28. The number of rotatable bonds is 4. The van der Waals surface area contributed by atoms with Gasteiger partial charge in [0.2, 0.25) is 0 Å². The number of carbonyl (C=O) groups excluding carboxylic acids is 2. The van der Waals surface area contributed by atoms with Crippen LogP contribution >= 0.6 is 11.6 Å². The molecule has 0 fully saturated rings. The van der Waals surface area contributed by atoms with Crippen LogP contribution in [0.3, 0.4) is 0 Å². The summed E-state index contributed by atoms with van der Waals surface area (Å²) in [5, 5.41) is 3.17. The van der Waals surface area contributed by atoms with Crippen LogP contribution in [0.2, 0.25) is 5.15 Å². The Bertz CT molecular complexity index is 700. The summed E-state index contributed by atoms with van der Waals surface area (Å²) in [6, 6.07) is 3.44. The molecular weight excluding hydrogens is 330 g/mol. The van der Waals surface area contributed by atoms with Crippen LogP contribution in [0.1, 0.15) is 34.1 Å². The van der Waals surface area contributed by atoms with Crippen molar-refractivity contribution in [2.45, 2.75) is 27.7 Å². The van der Waals surface area contributed by atoms with E-state index >= 15 is 0 Å². The molecule has 1 N–H and O–H groups in total. The van der Waals surface area contributed by atoms with Crippen molar-refractivity contribution in [3.8, 4) is 0 Å². The lowest BCUT2D eigenvalue weighted by Gasteiger charge is -2.11. The number of carbonyl (C=O) groups is 2. The molecule has 2 rings (SSSR count). The first-order chi connectivity index (χ1) is 11.4. The molecule has 2 aromatic rings. The van der Waals surface area contributed by atoms with Crippen molar-refractivity contribution in [3.63, 3.8) is 0 Å². The fraction of sp³-hybridized carbons (Fsp3) is 0.294. The largest absolute Gasteiger partial charge is 0.468 e. The number of aryl methyl sites for hydroxylation is 3. The van der Waals surface area contributed by atoms with Gasteiger partial charge in [0.25, 0.3) is 12.4 Å². The van der Waals surface area contributed by atoms with Crippen LogP contribution < -0.4 is 5.32 Å². The normalized spacial score (nSPS) is 9.54. The van der Waals surface area contributed by atoms with E-state index in [4.69, 9.17) is 11.6 Å². The van der Waals surface area contributed by atoms with Gasteiger partial charge in [0.1, 0.15) is 10.8 Å². The second kappa shape index (κ2) is 9.62. The third-order valence-corrected chi connectivity index (χ3v) is 3.29. The van der Waals surface area contributed by atoms with Crippen molar-refractivity contribution < 1.29 is 14.3 Å². The molecule has 0 aliphatic rings. The van der Waals surface area contributed by atoms with Crippen LogP contribution in [0.15, 0.2) is 24.5 Å². The lowest BCUT2D eigenvalue weighted by molar-refractivity contribution is -0.128. The molecule has 7 heteroatoms. The lowest BCUT2D eigenvalue weighted by Crippen LogP contribution is -2.17. The van der Waals surface area contributed by atoms with Gasteiger partial charge < -0.3 is 10.1 Å². The topological polar surface area (TPSA) is 81.2 Å². The van der Waals surface area contributed by atoms with Crippen molar-refractivity contribution >= 4 is 29.7 Å². The van der Waals surface area contributed by atoms with E-state index in [1.54, 1.807) is 31.5 Å². The average molecular weight is 350 g/mol. The molecule has 24 heavy (non-hydrogen) atoms. The summed E-state index contributed by atoms with van der Waals surface area (Å²) in [5.41, 5.74) is 3.71. The second-order valence-electron chi connectivity index (χ2n) is 4.95. The van der Waals surface area contributed by atoms with Gasteiger partial charge in [0.05, 0.1) is 6.61 Å². The first-order valence-corrected chi connectivity index (χ1v) is 7.69. The maximum atomic E-state index is 12.2. The van der Waals surface area contributed by atoms with Crippen LogP contribution in [0.5, 0.6) is 0 Å². The van der Waals surface area contributed by atoms with Crippen LogP contribution in [0.25, 0.3) is 0 Å². The van der Waals surface area contributed by atoms with Gasteiger partial charge in [-0.05, 0) is 50.5 Å². The number of pyridine rings is 2. The molecule has 0 unspecified atom stereocenters. The molecule has 0 aliphatic heterocycles. The van der Waals surface area contributed by atoms with Crippen LogP contribution in [-0.4, -0.2) is 29.0 Å². The highest BCUT2D eigenvalue weighted by Gasteiger charge is 2.14. The smallest absolute Gasteiger partial charge is 0.293 e. The number of anilines is 1. The summed E-state index contributed by atoms with van der Waals surface area (Å²) < 4.78 is 4.15. The van der Waals surface area contributed by atoms with E-state index in [0.717, 1.165) is 22.4 Å². The van der Waals surface area contributed by atoms with Gasteiger partial charge in [-0.25, -0.2) is 4.98 Å². The van der Waals surface area contributed by atoms with E-state index < -0.39 is 0 Å². The zero-order valence-electron chi connectivity index (χ0n) is 14.1. The molecule has 0 aromatic carbocycles. The maximum Gasteiger partial charge on any atom is 0.293 e. The van der Waals surface area contributed by atoms with Gasteiger partial charge in [0, 0.05) is 18.1 Å². The first kappa shape index (κ1) is 19.6. The van der Waals surface area contributed by atoms with E-state index in [9.17, 15) is 9.59 Å². The van der Waals surface area contributed by atoms with Gasteiger partial charge >= 0.3 is 0 Å². The predicted molar refractivity (Wildman–Crippen MR) is 93.3 cm³/mol. The SMILES string of the molecule is CCOC=O.Cc1ccc(Cl)nc1C(=O)Nc1c(C)cncc1C. The number of halogens is 1. The summed E-state index contributed by atoms with van der Waals surface area (Å²) >= 11 is 5.83. The quantitative estimate of drug-likeness (QED) is 0.675. The van der Waals surface area contributed by atoms with Crippen molar-refractivity contribution in [3.05, 3.63) is 52.1 Å². The third kappa shape index (κ3) is 5.62. The number of nitrogens with zero attached hydrogens (tertiary/aromatic N) is 2. The minimum Gasteiger partial charge on any atom is -0.468 e. The van der Waals surface area contributed by atoms with E-state index in [-0.39, 0.29) is 5.91 Å². The third-order valence-electron chi connectivity index (χ3n) is 3.08. The molecule has 0 bridgehead atoms. The molecule has 2 heterocycles. The zero-order chi connectivity index (χ0) is 18.1. The molecule has 128 valence electrons. The van der Waals surface area contributed by atoms with E-state index in [1.165, 1.54) is 0 Å². The summed E-state index contributed by atoms with van der Waals surface area (Å²) in [7, 11) is 0. The van der Waals surface area contributed by atoms with Crippen molar-refractivity contribution in [2.24, 2.45) is 0 Å². The minimum atomic E-state index is -0.266. The number of hydrogen-bond acceptors (Lipinski definition) is 5. The van der Waals surface area contributed by atoms with Crippen molar-refractivity contribution in [2.75, 3.05) is 11.9 Å². The zero-order valence-corrected chi connectivity index (χ0v) is 14.8. The molecular formula is C17H20ClN3O3. The molecule has 0 saturated carbocycles. The number of ether oxygens (including phenoxy) is 1. The Labute approximate surface area is 146 Å². The predicted octanol–water partition coefficient (Wildman–Crippen LogP) is 3.49. The number of aromatic nitrogens is 2.